The number of carboxylic acid groups (broad SMARTS) is 1. The molecule has 1 aliphatic rings. The second kappa shape index (κ2) is 6.67. The van der Waals surface area contributed by atoms with E-state index in [9.17, 15) is 15.0 Å². The van der Waals surface area contributed by atoms with E-state index in [-0.39, 0.29) is 5.75 Å². The number of phenols is 1. The van der Waals surface area contributed by atoms with Gasteiger partial charge in [0, 0.05) is 6.54 Å². The van der Waals surface area contributed by atoms with Crippen LogP contribution in [0.1, 0.15) is 38.2 Å². The number of phenolic OH excluding ortho intramolecular Hbond substituents is 1. The quantitative estimate of drug-likeness (QED) is 0.873. The van der Waals surface area contributed by atoms with Gasteiger partial charge in [-0.15, -0.1) is 0 Å². The highest BCUT2D eigenvalue weighted by molar-refractivity contribution is 6.32. The molecule has 1 aromatic carbocycles. The maximum absolute atomic E-state index is 11.5. The minimum atomic E-state index is -0.656. The monoisotopic (exact) mass is 311 g/mol. The number of carboxylic acids is 1. The molecule has 0 radical (unpaired) electrons. The van der Waals surface area contributed by atoms with Gasteiger partial charge in [-0.3, -0.25) is 9.69 Å². The minimum absolute atomic E-state index is 0.0897. The number of benzene rings is 1. The number of aliphatic carboxylic acids is 1. The van der Waals surface area contributed by atoms with E-state index in [0.717, 1.165) is 38.0 Å². The molecule has 0 spiro atoms. The first-order valence-electron chi connectivity index (χ1n) is 7.40. The Morgan fingerprint density at radius 2 is 2.05 bits per heavy atom. The van der Waals surface area contributed by atoms with Gasteiger partial charge in [0.15, 0.2) is 0 Å². The lowest BCUT2D eigenvalue weighted by atomic mass is 9.75. The van der Waals surface area contributed by atoms with Gasteiger partial charge >= 0.3 is 5.97 Å². The molecule has 1 aliphatic heterocycles. The Bertz CT molecular complexity index is 510. The fraction of sp³-hybridized carbons (Fsp3) is 0.562. The van der Waals surface area contributed by atoms with Crippen LogP contribution in [-0.4, -0.2) is 34.2 Å². The van der Waals surface area contributed by atoms with E-state index in [1.807, 2.05) is 13.0 Å². The number of aromatic hydroxyl groups is 1. The Labute approximate surface area is 130 Å². The molecule has 0 unspecified atom stereocenters. The van der Waals surface area contributed by atoms with E-state index in [1.54, 1.807) is 12.1 Å². The predicted octanol–water partition coefficient (Wildman–Crippen LogP) is 3.51. The molecule has 0 atom stereocenters. The van der Waals surface area contributed by atoms with Gasteiger partial charge < -0.3 is 10.2 Å². The highest BCUT2D eigenvalue weighted by Crippen LogP contribution is 2.37. The van der Waals surface area contributed by atoms with Crippen molar-refractivity contribution in [1.82, 2.24) is 4.90 Å². The van der Waals surface area contributed by atoms with Gasteiger partial charge in [-0.25, -0.2) is 0 Å². The van der Waals surface area contributed by atoms with Crippen LogP contribution in [0.5, 0.6) is 5.75 Å². The highest BCUT2D eigenvalue weighted by Gasteiger charge is 2.40. The normalized spacial score (nSPS) is 18.6. The van der Waals surface area contributed by atoms with Gasteiger partial charge in [-0.05, 0) is 50.0 Å². The smallest absolute Gasteiger partial charge is 0.309 e. The molecule has 2 rings (SSSR count). The predicted molar refractivity (Wildman–Crippen MR) is 82.6 cm³/mol. The third kappa shape index (κ3) is 3.69. The molecule has 0 amide bonds. The fourth-order valence-corrected chi connectivity index (χ4v) is 3.30. The minimum Gasteiger partial charge on any atom is -0.506 e. The Morgan fingerprint density at radius 1 is 1.38 bits per heavy atom. The topological polar surface area (TPSA) is 60.8 Å². The van der Waals surface area contributed by atoms with Crippen LogP contribution in [-0.2, 0) is 11.3 Å². The molecule has 1 aromatic rings. The number of likely N-dealkylation sites (tertiary alicyclic amines) is 1. The van der Waals surface area contributed by atoms with E-state index in [1.165, 1.54) is 0 Å². The largest absolute Gasteiger partial charge is 0.506 e. The summed E-state index contributed by atoms with van der Waals surface area (Å²) in [4.78, 5) is 13.8. The van der Waals surface area contributed by atoms with E-state index in [0.29, 0.717) is 17.9 Å². The van der Waals surface area contributed by atoms with Crippen molar-refractivity contribution in [3.63, 3.8) is 0 Å². The summed E-state index contributed by atoms with van der Waals surface area (Å²) in [6, 6.07) is 5.22. The second-order valence-electron chi connectivity index (χ2n) is 5.90. The lowest BCUT2D eigenvalue weighted by Gasteiger charge is -2.38. The first-order chi connectivity index (χ1) is 9.97. The van der Waals surface area contributed by atoms with E-state index < -0.39 is 11.4 Å². The zero-order valence-electron chi connectivity index (χ0n) is 12.3. The summed E-state index contributed by atoms with van der Waals surface area (Å²) < 4.78 is 0. The fourth-order valence-electron chi connectivity index (χ4n) is 3.10. The Morgan fingerprint density at radius 3 is 2.57 bits per heavy atom. The number of halogens is 1. The molecular weight excluding hydrogens is 290 g/mol. The van der Waals surface area contributed by atoms with Crippen molar-refractivity contribution in [3.05, 3.63) is 28.8 Å². The summed E-state index contributed by atoms with van der Waals surface area (Å²) in [6.07, 6.45) is 3.05. The molecule has 0 saturated carbocycles. The number of rotatable bonds is 5. The van der Waals surface area contributed by atoms with Crippen LogP contribution >= 0.6 is 11.6 Å². The van der Waals surface area contributed by atoms with Gasteiger partial charge in [0.2, 0.25) is 0 Å². The molecule has 5 heteroatoms. The lowest BCUT2D eigenvalue weighted by molar-refractivity contribution is -0.152. The number of piperidine rings is 1. The lowest BCUT2D eigenvalue weighted by Crippen LogP contribution is -2.44. The Balaban J connectivity index is 1.97. The summed E-state index contributed by atoms with van der Waals surface area (Å²) in [7, 11) is 0. The van der Waals surface area contributed by atoms with Crippen LogP contribution in [0, 0.1) is 5.41 Å². The first kappa shape index (κ1) is 16.1. The number of hydrogen-bond acceptors (Lipinski definition) is 3. The van der Waals surface area contributed by atoms with Gasteiger partial charge in [0.05, 0.1) is 10.4 Å². The van der Waals surface area contributed by atoms with Gasteiger partial charge in [-0.1, -0.05) is 31.0 Å². The molecule has 4 nitrogen and oxygen atoms in total. The van der Waals surface area contributed by atoms with Crippen molar-refractivity contribution in [2.45, 2.75) is 39.2 Å². The molecule has 2 N–H and O–H groups in total. The third-order valence-electron chi connectivity index (χ3n) is 4.41. The summed E-state index contributed by atoms with van der Waals surface area (Å²) in [6.45, 7) is 4.34. The molecule has 0 aliphatic carbocycles. The van der Waals surface area contributed by atoms with E-state index >= 15 is 0 Å². The zero-order valence-corrected chi connectivity index (χ0v) is 13.1. The maximum Gasteiger partial charge on any atom is 0.309 e. The standard InChI is InChI=1S/C16H22ClNO3/c1-2-5-16(15(20)21)6-8-18(9-7-16)11-12-3-4-14(19)13(17)10-12/h3-4,10,19H,2,5-9,11H2,1H3,(H,20,21). The van der Waals surface area contributed by atoms with Crippen LogP contribution in [0.3, 0.4) is 0 Å². The molecule has 21 heavy (non-hydrogen) atoms. The molecule has 1 saturated heterocycles. The van der Waals surface area contributed by atoms with Crippen molar-refractivity contribution >= 4 is 17.6 Å². The summed E-state index contributed by atoms with van der Waals surface area (Å²) >= 11 is 5.91. The van der Waals surface area contributed by atoms with E-state index in [2.05, 4.69) is 4.90 Å². The molecule has 0 bridgehead atoms. The highest BCUT2D eigenvalue weighted by atomic mass is 35.5. The van der Waals surface area contributed by atoms with Crippen LogP contribution in [0.2, 0.25) is 5.02 Å². The van der Waals surface area contributed by atoms with Crippen molar-refractivity contribution in [1.29, 1.82) is 0 Å². The van der Waals surface area contributed by atoms with Gasteiger partial charge in [0.1, 0.15) is 5.75 Å². The van der Waals surface area contributed by atoms with E-state index in [4.69, 9.17) is 11.6 Å². The molecule has 0 aromatic heterocycles. The summed E-state index contributed by atoms with van der Waals surface area (Å²) in [5.74, 6) is -0.566. The SMILES string of the molecule is CCCC1(C(=O)O)CCN(Cc2ccc(O)c(Cl)c2)CC1. The maximum atomic E-state index is 11.5. The second-order valence-corrected chi connectivity index (χ2v) is 6.30. The van der Waals surface area contributed by atoms with Gasteiger partial charge in [0.25, 0.3) is 0 Å². The molecule has 1 fully saturated rings. The van der Waals surface area contributed by atoms with Crippen LogP contribution < -0.4 is 0 Å². The molecule has 1 heterocycles. The summed E-state index contributed by atoms with van der Waals surface area (Å²) in [5.41, 5.74) is 0.494. The van der Waals surface area contributed by atoms with Crippen molar-refractivity contribution in [2.24, 2.45) is 5.41 Å². The summed E-state index contributed by atoms with van der Waals surface area (Å²) in [5, 5.41) is 19.3. The average Bonchev–Trinajstić information content (AvgIpc) is 2.45. The molecular formula is C16H22ClNO3. The number of carbonyl (C=O) groups is 1. The zero-order chi connectivity index (χ0) is 15.5. The Hall–Kier alpha value is -1.26. The average molecular weight is 312 g/mol. The molecule has 116 valence electrons. The van der Waals surface area contributed by atoms with Crippen molar-refractivity contribution < 1.29 is 15.0 Å². The number of nitrogens with zero attached hydrogens (tertiary/aromatic N) is 1. The Kier molecular flexibility index (Phi) is 5.12. The van der Waals surface area contributed by atoms with Crippen LogP contribution in [0.15, 0.2) is 18.2 Å². The number of hydrogen-bond donors (Lipinski definition) is 2. The van der Waals surface area contributed by atoms with Crippen molar-refractivity contribution in [2.75, 3.05) is 13.1 Å². The van der Waals surface area contributed by atoms with Crippen LogP contribution in [0.4, 0.5) is 0 Å². The third-order valence-corrected chi connectivity index (χ3v) is 4.72. The van der Waals surface area contributed by atoms with Crippen LogP contribution in [0.25, 0.3) is 0 Å². The van der Waals surface area contributed by atoms with Crippen molar-refractivity contribution in [3.8, 4) is 5.75 Å². The van der Waals surface area contributed by atoms with Gasteiger partial charge in [-0.2, -0.15) is 0 Å². The first-order valence-corrected chi connectivity index (χ1v) is 7.78.